The van der Waals surface area contributed by atoms with E-state index in [4.69, 9.17) is 4.74 Å². The molecule has 2 heterocycles. The van der Waals surface area contributed by atoms with Gasteiger partial charge in [0.15, 0.2) is 5.78 Å². The molecule has 0 radical (unpaired) electrons. The second-order valence-electron chi connectivity index (χ2n) is 6.79. The lowest BCUT2D eigenvalue weighted by Crippen LogP contribution is -2.48. The molecule has 1 aromatic carbocycles. The lowest BCUT2D eigenvalue weighted by Gasteiger charge is -2.35. The Morgan fingerprint density at radius 3 is 2.44 bits per heavy atom. The first kappa shape index (κ1) is 19.0. The fraction of sp³-hybridized carbons (Fsp3) is 0.400. The van der Waals surface area contributed by atoms with Crippen molar-refractivity contribution in [2.45, 2.75) is 13.8 Å². The summed E-state index contributed by atoms with van der Waals surface area (Å²) in [5.74, 6) is -0.201. The number of benzene rings is 1. The van der Waals surface area contributed by atoms with Crippen molar-refractivity contribution in [2.75, 3.05) is 44.7 Å². The average molecular weight is 371 g/mol. The van der Waals surface area contributed by atoms with Crippen LogP contribution in [0.15, 0.2) is 24.3 Å². The molecule has 1 aliphatic heterocycles. The molecule has 0 spiro atoms. The Balaban J connectivity index is 1.64. The smallest absolute Gasteiger partial charge is 0.339 e. The summed E-state index contributed by atoms with van der Waals surface area (Å²) in [5.41, 5.74) is 3.01. The number of phenols is 1. The van der Waals surface area contributed by atoms with Crippen molar-refractivity contribution in [3.05, 3.63) is 46.8 Å². The maximum absolute atomic E-state index is 12.7. The largest absolute Gasteiger partial charge is 0.506 e. The van der Waals surface area contributed by atoms with Gasteiger partial charge in [0.2, 0.25) is 0 Å². The first-order valence-corrected chi connectivity index (χ1v) is 8.98. The Hall–Kier alpha value is -2.80. The number of aryl methyl sites for hydroxylation is 1. The number of piperazine rings is 1. The average Bonchev–Trinajstić information content (AvgIpc) is 2.97. The number of Topliss-reactive ketones (excluding diaryl/α,β-unsaturated/α-hetero) is 1. The molecule has 144 valence electrons. The number of esters is 1. The molecule has 0 amide bonds. The topological polar surface area (TPSA) is 85.9 Å². The van der Waals surface area contributed by atoms with Gasteiger partial charge in [0.25, 0.3) is 0 Å². The Labute approximate surface area is 158 Å². The van der Waals surface area contributed by atoms with Gasteiger partial charge in [0.1, 0.15) is 5.75 Å². The molecular weight excluding hydrogens is 346 g/mol. The van der Waals surface area contributed by atoms with Crippen molar-refractivity contribution in [1.82, 2.24) is 9.88 Å². The molecule has 7 nitrogen and oxygen atoms in total. The van der Waals surface area contributed by atoms with Gasteiger partial charge in [-0.2, -0.15) is 0 Å². The zero-order valence-corrected chi connectivity index (χ0v) is 15.9. The number of nitrogens with zero attached hydrogens (tertiary/aromatic N) is 2. The second-order valence-corrected chi connectivity index (χ2v) is 6.79. The van der Waals surface area contributed by atoms with Gasteiger partial charge in [0.05, 0.1) is 30.6 Å². The van der Waals surface area contributed by atoms with Crippen LogP contribution in [-0.2, 0) is 4.74 Å². The predicted octanol–water partition coefficient (Wildman–Crippen LogP) is 2.13. The van der Waals surface area contributed by atoms with Crippen LogP contribution >= 0.6 is 0 Å². The SMILES string of the molecule is COC(=O)c1c(C)[nH]c(C(=O)CN2CCN(c3ccccc3O)CC2)c1C. The normalized spacial score (nSPS) is 15.0. The highest BCUT2D eigenvalue weighted by Crippen LogP contribution is 2.27. The van der Waals surface area contributed by atoms with Gasteiger partial charge in [-0.05, 0) is 31.5 Å². The first-order valence-electron chi connectivity index (χ1n) is 8.98. The van der Waals surface area contributed by atoms with Crippen molar-refractivity contribution < 1.29 is 19.4 Å². The van der Waals surface area contributed by atoms with Crippen molar-refractivity contribution in [3.63, 3.8) is 0 Å². The molecule has 0 atom stereocenters. The molecule has 2 N–H and O–H groups in total. The van der Waals surface area contributed by atoms with E-state index in [1.165, 1.54) is 7.11 Å². The lowest BCUT2D eigenvalue weighted by molar-refractivity contribution is 0.0599. The number of hydrogen-bond acceptors (Lipinski definition) is 6. The molecule has 7 heteroatoms. The molecule has 27 heavy (non-hydrogen) atoms. The molecule has 0 aliphatic carbocycles. The highest BCUT2D eigenvalue weighted by Gasteiger charge is 2.25. The maximum atomic E-state index is 12.7. The summed E-state index contributed by atoms with van der Waals surface area (Å²) in [6.07, 6.45) is 0. The molecule has 0 bridgehead atoms. The van der Waals surface area contributed by atoms with Crippen LogP contribution in [0.1, 0.15) is 32.1 Å². The second kappa shape index (κ2) is 7.84. The standard InChI is InChI=1S/C20H25N3O4/c1-13-18(20(26)27-3)14(2)21-19(13)17(25)12-22-8-10-23(11-9-22)15-6-4-5-7-16(15)24/h4-7,21,24H,8-12H2,1-3H3. The van der Waals surface area contributed by atoms with E-state index in [2.05, 4.69) is 14.8 Å². The summed E-state index contributed by atoms with van der Waals surface area (Å²) in [5, 5.41) is 10.00. The number of nitrogens with one attached hydrogen (secondary N) is 1. The quantitative estimate of drug-likeness (QED) is 0.619. The molecule has 1 saturated heterocycles. The molecular formula is C20H25N3O4. The number of methoxy groups -OCH3 is 1. The number of carbonyl (C=O) groups excluding carboxylic acids is 2. The Bertz CT molecular complexity index is 851. The Morgan fingerprint density at radius 1 is 1.15 bits per heavy atom. The van der Waals surface area contributed by atoms with Gasteiger partial charge < -0.3 is 19.7 Å². The number of aromatic hydroxyl groups is 1. The fourth-order valence-electron chi connectivity index (χ4n) is 3.60. The minimum atomic E-state index is -0.434. The van der Waals surface area contributed by atoms with Crippen LogP contribution in [0.25, 0.3) is 0 Å². The van der Waals surface area contributed by atoms with E-state index < -0.39 is 5.97 Å². The van der Waals surface area contributed by atoms with E-state index in [0.29, 0.717) is 22.5 Å². The van der Waals surface area contributed by atoms with Crippen LogP contribution in [-0.4, -0.2) is 66.6 Å². The molecule has 1 aliphatic rings. The highest BCUT2D eigenvalue weighted by atomic mass is 16.5. The van der Waals surface area contributed by atoms with E-state index >= 15 is 0 Å². The number of ether oxygens (including phenoxy) is 1. The van der Waals surface area contributed by atoms with Gasteiger partial charge >= 0.3 is 5.97 Å². The number of anilines is 1. The summed E-state index contributed by atoms with van der Waals surface area (Å²) >= 11 is 0. The number of aromatic amines is 1. The molecule has 0 unspecified atom stereocenters. The highest BCUT2D eigenvalue weighted by molar-refractivity contribution is 6.02. The van der Waals surface area contributed by atoms with Crippen molar-refractivity contribution in [3.8, 4) is 5.75 Å². The minimum Gasteiger partial charge on any atom is -0.506 e. The van der Waals surface area contributed by atoms with E-state index in [-0.39, 0.29) is 18.1 Å². The van der Waals surface area contributed by atoms with Gasteiger partial charge in [-0.1, -0.05) is 12.1 Å². The van der Waals surface area contributed by atoms with E-state index in [9.17, 15) is 14.7 Å². The van der Waals surface area contributed by atoms with Crippen molar-refractivity contribution in [2.24, 2.45) is 0 Å². The molecule has 3 rings (SSSR count). The van der Waals surface area contributed by atoms with Crippen molar-refractivity contribution in [1.29, 1.82) is 0 Å². The van der Waals surface area contributed by atoms with Crippen LogP contribution in [0, 0.1) is 13.8 Å². The van der Waals surface area contributed by atoms with Crippen LogP contribution in [0.4, 0.5) is 5.69 Å². The number of phenolic OH excluding ortho intramolecular Hbond substituents is 1. The Morgan fingerprint density at radius 2 is 1.81 bits per heavy atom. The van der Waals surface area contributed by atoms with Crippen LogP contribution in [0.5, 0.6) is 5.75 Å². The van der Waals surface area contributed by atoms with E-state index in [1.54, 1.807) is 26.0 Å². The van der Waals surface area contributed by atoms with Gasteiger partial charge in [-0.3, -0.25) is 9.69 Å². The van der Waals surface area contributed by atoms with Gasteiger partial charge in [0, 0.05) is 31.9 Å². The van der Waals surface area contributed by atoms with Crippen LogP contribution < -0.4 is 4.90 Å². The number of rotatable bonds is 5. The summed E-state index contributed by atoms with van der Waals surface area (Å²) in [4.78, 5) is 31.9. The zero-order chi connectivity index (χ0) is 19.6. The van der Waals surface area contributed by atoms with E-state index in [1.807, 2.05) is 12.1 Å². The molecule has 2 aromatic rings. The predicted molar refractivity (Wildman–Crippen MR) is 103 cm³/mol. The third-order valence-electron chi connectivity index (χ3n) is 5.07. The number of aromatic nitrogens is 1. The molecule has 0 saturated carbocycles. The summed E-state index contributed by atoms with van der Waals surface area (Å²) in [6.45, 7) is 6.74. The van der Waals surface area contributed by atoms with Crippen LogP contribution in [0.2, 0.25) is 0 Å². The number of carbonyl (C=O) groups is 2. The van der Waals surface area contributed by atoms with Crippen LogP contribution in [0.3, 0.4) is 0 Å². The number of H-pyrrole nitrogens is 1. The van der Waals surface area contributed by atoms with Crippen molar-refractivity contribution >= 4 is 17.4 Å². The monoisotopic (exact) mass is 371 g/mol. The summed E-state index contributed by atoms with van der Waals surface area (Å²) < 4.78 is 4.80. The molecule has 1 fully saturated rings. The summed E-state index contributed by atoms with van der Waals surface area (Å²) in [7, 11) is 1.33. The third kappa shape index (κ3) is 3.83. The fourth-order valence-corrected chi connectivity index (χ4v) is 3.60. The van der Waals surface area contributed by atoms with Gasteiger partial charge in [-0.15, -0.1) is 0 Å². The number of para-hydroxylation sites is 2. The van der Waals surface area contributed by atoms with E-state index in [0.717, 1.165) is 31.9 Å². The number of hydrogen-bond donors (Lipinski definition) is 2. The maximum Gasteiger partial charge on any atom is 0.339 e. The third-order valence-corrected chi connectivity index (χ3v) is 5.07. The minimum absolute atomic E-state index is 0.0400. The molecule has 1 aromatic heterocycles. The lowest BCUT2D eigenvalue weighted by atomic mass is 10.1. The number of ketones is 1. The first-order chi connectivity index (χ1) is 12.9. The Kier molecular flexibility index (Phi) is 5.51. The van der Waals surface area contributed by atoms with Gasteiger partial charge in [-0.25, -0.2) is 4.79 Å². The zero-order valence-electron chi connectivity index (χ0n) is 15.9. The summed E-state index contributed by atoms with van der Waals surface area (Å²) in [6, 6.07) is 7.28.